The van der Waals surface area contributed by atoms with Gasteiger partial charge in [-0.25, -0.2) is 4.98 Å². The van der Waals surface area contributed by atoms with Crippen LogP contribution < -0.4 is 9.80 Å². The first-order valence-electron chi connectivity index (χ1n) is 9.01. The van der Waals surface area contributed by atoms with Gasteiger partial charge in [-0.05, 0) is 37.1 Å². The van der Waals surface area contributed by atoms with E-state index in [2.05, 4.69) is 50.9 Å². The van der Waals surface area contributed by atoms with Crippen LogP contribution in [0.4, 0.5) is 17.5 Å². The Hall–Kier alpha value is -2.14. The van der Waals surface area contributed by atoms with Gasteiger partial charge in [0.2, 0.25) is 5.95 Å². The molecule has 1 fully saturated rings. The van der Waals surface area contributed by atoms with Crippen LogP contribution in [0.15, 0.2) is 36.5 Å². The molecule has 0 unspecified atom stereocenters. The number of rotatable bonds is 3. The van der Waals surface area contributed by atoms with Crippen molar-refractivity contribution >= 4 is 17.5 Å². The minimum absolute atomic E-state index is 0.867. The van der Waals surface area contributed by atoms with Crippen molar-refractivity contribution in [1.29, 1.82) is 0 Å². The lowest BCUT2D eigenvalue weighted by Gasteiger charge is -2.35. The van der Waals surface area contributed by atoms with Crippen molar-refractivity contribution < 1.29 is 0 Å². The lowest BCUT2D eigenvalue weighted by Crippen LogP contribution is -2.46. The average molecular weight is 323 g/mol. The van der Waals surface area contributed by atoms with Crippen molar-refractivity contribution in [3.8, 4) is 0 Å². The van der Waals surface area contributed by atoms with E-state index in [-0.39, 0.29) is 0 Å². The number of likely N-dealkylation sites (N-methyl/N-ethyl adjacent to an activating group) is 1. The highest BCUT2D eigenvalue weighted by molar-refractivity contribution is 5.65. The zero-order valence-corrected chi connectivity index (χ0v) is 14.4. The van der Waals surface area contributed by atoms with Crippen LogP contribution in [0.5, 0.6) is 0 Å². The van der Waals surface area contributed by atoms with Crippen molar-refractivity contribution in [2.24, 2.45) is 0 Å². The summed E-state index contributed by atoms with van der Waals surface area (Å²) in [4.78, 5) is 16.6. The molecule has 1 aromatic carbocycles. The summed E-state index contributed by atoms with van der Waals surface area (Å²) < 4.78 is 0. The first-order valence-corrected chi connectivity index (χ1v) is 9.01. The van der Waals surface area contributed by atoms with Gasteiger partial charge in [-0.15, -0.1) is 0 Å². The highest BCUT2D eigenvalue weighted by Gasteiger charge is 2.21. The summed E-state index contributed by atoms with van der Waals surface area (Å²) in [5.74, 6) is 1.89. The average Bonchev–Trinajstić information content (AvgIpc) is 2.68. The molecule has 0 atom stereocenters. The fourth-order valence-electron chi connectivity index (χ4n) is 3.68. The van der Waals surface area contributed by atoms with Crippen LogP contribution in [0, 0.1) is 0 Å². The summed E-state index contributed by atoms with van der Waals surface area (Å²) in [5, 5.41) is 0. The Morgan fingerprint density at radius 1 is 1.00 bits per heavy atom. The van der Waals surface area contributed by atoms with E-state index in [9.17, 15) is 0 Å². The van der Waals surface area contributed by atoms with E-state index in [1.54, 1.807) is 0 Å². The molecule has 5 heteroatoms. The lowest BCUT2D eigenvalue weighted by atomic mass is 10.0. The predicted octanol–water partition coefficient (Wildman–Crippen LogP) is 2.70. The number of para-hydroxylation sites is 1. The molecule has 3 heterocycles. The van der Waals surface area contributed by atoms with Gasteiger partial charge in [-0.3, -0.25) is 0 Å². The number of aromatic nitrogens is 2. The van der Waals surface area contributed by atoms with E-state index in [0.717, 1.165) is 57.5 Å². The lowest BCUT2D eigenvalue weighted by molar-refractivity contribution is 0.270. The Kier molecular flexibility index (Phi) is 4.34. The van der Waals surface area contributed by atoms with E-state index >= 15 is 0 Å². The fourth-order valence-corrected chi connectivity index (χ4v) is 3.68. The third-order valence-electron chi connectivity index (χ3n) is 5.12. The Morgan fingerprint density at radius 2 is 1.83 bits per heavy atom. The summed E-state index contributed by atoms with van der Waals surface area (Å²) in [6.45, 7) is 8.58. The number of nitrogens with zero attached hydrogens (tertiary/aromatic N) is 5. The van der Waals surface area contributed by atoms with Crippen LogP contribution in [0.25, 0.3) is 0 Å². The van der Waals surface area contributed by atoms with Crippen LogP contribution in [-0.2, 0) is 6.42 Å². The quantitative estimate of drug-likeness (QED) is 0.868. The number of benzene rings is 1. The van der Waals surface area contributed by atoms with Gasteiger partial charge in [0.05, 0.1) is 0 Å². The molecule has 1 saturated heterocycles. The third-order valence-corrected chi connectivity index (χ3v) is 5.12. The molecule has 0 N–H and O–H groups in total. The molecular formula is C19H25N5. The van der Waals surface area contributed by atoms with Crippen LogP contribution in [0.2, 0.25) is 0 Å². The Balaban J connectivity index is 1.58. The zero-order chi connectivity index (χ0) is 16.4. The fraction of sp³-hybridized carbons (Fsp3) is 0.474. The summed E-state index contributed by atoms with van der Waals surface area (Å²) in [5.41, 5.74) is 2.71. The Bertz CT molecular complexity index is 694. The molecule has 5 nitrogen and oxygen atoms in total. The topological polar surface area (TPSA) is 35.5 Å². The van der Waals surface area contributed by atoms with Gasteiger partial charge in [0.25, 0.3) is 0 Å². The van der Waals surface area contributed by atoms with E-state index in [4.69, 9.17) is 4.98 Å². The number of aryl methyl sites for hydroxylation is 1. The van der Waals surface area contributed by atoms with Gasteiger partial charge in [-0.1, -0.05) is 25.1 Å². The van der Waals surface area contributed by atoms with Gasteiger partial charge < -0.3 is 14.7 Å². The first-order chi connectivity index (χ1) is 11.8. The summed E-state index contributed by atoms with van der Waals surface area (Å²) in [7, 11) is 0. The van der Waals surface area contributed by atoms with Crippen LogP contribution in [0.3, 0.4) is 0 Å². The van der Waals surface area contributed by atoms with Gasteiger partial charge in [0.15, 0.2) is 0 Å². The van der Waals surface area contributed by atoms with E-state index in [1.165, 1.54) is 17.7 Å². The predicted molar refractivity (Wildman–Crippen MR) is 98.1 cm³/mol. The third kappa shape index (κ3) is 2.96. The first kappa shape index (κ1) is 15.4. The molecule has 0 bridgehead atoms. The van der Waals surface area contributed by atoms with Gasteiger partial charge in [0.1, 0.15) is 5.82 Å². The molecular weight excluding hydrogens is 298 g/mol. The molecule has 2 aromatic rings. The standard InChI is InChI=1S/C19H25N5/c1-2-22-12-14-23(15-13-22)19-20-10-9-18(21-19)24-11-5-7-16-6-3-4-8-17(16)24/h3-4,6,8-10H,2,5,7,11-15H2,1H3. The molecule has 0 spiro atoms. The van der Waals surface area contributed by atoms with E-state index in [1.807, 2.05) is 12.3 Å². The van der Waals surface area contributed by atoms with Crippen molar-refractivity contribution in [3.05, 3.63) is 42.1 Å². The Morgan fingerprint density at radius 3 is 2.67 bits per heavy atom. The number of piperazine rings is 1. The number of anilines is 3. The maximum absolute atomic E-state index is 4.89. The van der Waals surface area contributed by atoms with Crippen molar-refractivity contribution in [2.75, 3.05) is 49.1 Å². The molecule has 0 saturated carbocycles. The van der Waals surface area contributed by atoms with E-state index in [0.29, 0.717) is 0 Å². The zero-order valence-electron chi connectivity index (χ0n) is 14.4. The number of hydrogen-bond donors (Lipinski definition) is 0. The molecule has 126 valence electrons. The van der Waals surface area contributed by atoms with Crippen molar-refractivity contribution in [3.63, 3.8) is 0 Å². The highest BCUT2D eigenvalue weighted by Crippen LogP contribution is 2.32. The monoisotopic (exact) mass is 323 g/mol. The largest absolute Gasteiger partial charge is 0.338 e. The molecule has 0 radical (unpaired) electrons. The highest BCUT2D eigenvalue weighted by atomic mass is 15.3. The van der Waals surface area contributed by atoms with Crippen LogP contribution in [-0.4, -0.2) is 54.1 Å². The summed E-state index contributed by atoms with van der Waals surface area (Å²) in [6, 6.07) is 10.7. The summed E-state index contributed by atoms with van der Waals surface area (Å²) >= 11 is 0. The maximum Gasteiger partial charge on any atom is 0.227 e. The van der Waals surface area contributed by atoms with Gasteiger partial charge >= 0.3 is 0 Å². The molecule has 0 amide bonds. The molecule has 2 aliphatic rings. The SMILES string of the molecule is CCN1CCN(c2nccc(N3CCCc4ccccc43)n2)CC1. The Labute approximate surface area is 143 Å². The van der Waals surface area contributed by atoms with Gasteiger partial charge in [-0.2, -0.15) is 4.98 Å². The smallest absolute Gasteiger partial charge is 0.227 e. The van der Waals surface area contributed by atoms with Crippen LogP contribution >= 0.6 is 0 Å². The molecule has 1 aromatic heterocycles. The minimum atomic E-state index is 0.867. The second kappa shape index (κ2) is 6.77. The maximum atomic E-state index is 4.89. The number of fused-ring (bicyclic) bond motifs is 1. The minimum Gasteiger partial charge on any atom is -0.338 e. The van der Waals surface area contributed by atoms with Crippen molar-refractivity contribution in [1.82, 2.24) is 14.9 Å². The summed E-state index contributed by atoms with van der Waals surface area (Å²) in [6.07, 6.45) is 4.23. The second-order valence-corrected chi connectivity index (χ2v) is 6.52. The van der Waals surface area contributed by atoms with Gasteiger partial charge in [0, 0.05) is 44.6 Å². The molecule has 4 rings (SSSR count). The second-order valence-electron chi connectivity index (χ2n) is 6.52. The normalized spacial score (nSPS) is 18.5. The molecule has 24 heavy (non-hydrogen) atoms. The molecule has 0 aliphatic carbocycles. The molecule has 2 aliphatic heterocycles. The van der Waals surface area contributed by atoms with E-state index < -0.39 is 0 Å². The van der Waals surface area contributed by atoms with Crippen LogP contribution in [0.1, 0.15) is 18.9 Å². The number of hydrogen-bond acceptors (Lipinski definition) is 5. The van der Waals surface area contributed by atoms with Crippen molar-refractivity contribution in [2.45, 2.75) is 19.8 Å².